The summed E-state index contributed by atoms with van der Waals surface area (Å²) in [4.78, 5) is 8.84. The molecule has 1 atom stereocenters. The van der Waals surface area contributed by atoms with Gasteiger partial charge in [-0.2, -0.15) is 0 Å². The van der Waals surface area contributed by atoms with E-state index in [1.807, 2.05) is 31.8 Å². The lowest BCUT2D eigenvalue weighted by Gasteiger charge is -2.17. The van der Waals surface area contributed by atoms with E-state index in [1.165, 1.54) is 0 Å². The average Bonchev–Trinajstić information content (AvgIpc) is 2.13. The number of nitrogens with zero attached hydrogens (tertiary/aromatic N) is 2. The molecule has 0 amide bonds. The molecule has 0 fully saturated rings. The number of hydrogen-bond acceptors (Lipinski definition) is 4. The molecule has 2 N–H and O–H groups in total. The number of hydrogen-bond donors (Lipinski definition) is 1. The van der Waals surface area contributed by atoms with Crippen molar-refractivity contribution in [3.63, 3.8) is 0 Å². The first kappa shape index (κ1) is 13.5. The first-order chi connectivity index (χ1) is 7.29. The maximum atomic E-state index is 5.82. The Bertz CT molecular complexity index is 356. The molecule has 1 rings (SSSR count). The summed E-state index contributed by atoms with van der Waals surface area (Å²) in [5.41, 5.74) is 7.85. The van der Waals surface area contributed by atoms with Gasteiger partial charge in [0, 0.05) is 28.2 Å². The van der Waals surface area contributed by atoms with Crippen LogP contribution in [-0.4, -0.2) is 14.7 Å². The molecule has 16 heavy (non-hydrogen) atoms. The molecule has 0 aliphatic rings. The zero-order valence-corrected chi connectivity index (χ0v) is 11.6. The van der Waals surface area contributed by atoms with Gasteiger partial charge in [-0.3, -0.25) is 0 Å². The molecule has 1 heterocycles. The van der Waals surface area contributed by atoms with Crippen molar-refractivity contribution in [3.8, 4) is 0 Å². The van der Waals surface area contributed by atoms with E-state index in [9.17, 15) is 0 Å². The minimum atomic E-state index is 0.00400. The maximum Gasteiger partial charge on any atom is 0.138 e. The summed E-state index contributed by atoms with van der Waals surface area (Å²) >= 11 is 1.85. The Morgan fingerprint density at radius 1 is 1.44 bits per heavy atom. The average molecular weight is 239 g/mol. The summed E-state index contributed by atoms with van der Waals surface area (Å²) in [6.45, 7) is 10.5. The van der Waals surface area contributed by atoms with E-state index in [0.29, 0.717) is 0 Å². The van der Waals surface area contributed by atoms with Crippen LogP contribution in [0, 0.1) is 6.92 Å². The predicted molar refractivity (Wildman–Crippen MR) is 70.4 cm³/mol. The van der Waals surface area contributed by atoms with Gasteiger partial charge >= 0.3 is 0 Å². The standard InChI is InChI=1S/C12H21N3S/c1-8(13)10-6-14-11(15-9(10)2)7-16-12(3,4)5/h6,8H,7,13H2,1-5H3/t8-/m0/s1. The normalized spacial score (nSPS) is 13.9. The van der Waals surface area contributed by atoms with E-state index in [1.54, 1.807) is 0 Å². The Hall–Kier alpha value is -0.610. The SMILES string of the molecule is Cc1nc(CSC(C)(C)C)ncc1[C@H](C)N. The molecule has 0 unspecified atom stereocenters. The highest BCUT2D eigenvalue weighted by atomic mass is 32.2. The lowest BCUT2D eigenvalue weighted by Crippen LogP contribution is -2.12. The molecule has 4 heteroatoms. The van der Waals surface area contributed by atoms with Gasteiger partial charge in [0.05, 0.1) is 5.75 Å². The molecular formula is C12H21N3S. The summed E-state index contributed by atoms with van der Waals surface area (Å²) in [6.07, 6.45) is 1.85. The third-order valence-electron chi connectivity index (χ3n) is 2.19. The van der Waals surface area contributed by atoms with E-state index in [2.05, 4.69) is 30.7 Å². The zero-order valence-electron chi connectivity index (χ0n) is 10.7. The van der Waals surface area contributed by atoms with E-state index >= 15 is 0 Å². The number of thioether (sulfide) groups is 1. The fourth-order valence-corrected chi connectivity index (χ4v) is 2.02. The van der Waals surface area contributed by atoms with Gasteiger partial charge in [-0.05, 0) is 13.8 Å². The van der Waals surface area contributed by atoms with Crippen LogP contribution in [0.1, 0.15) is 50.8 Å². The van der Waals surface area contributed by atoms with Crippen LogP contribution in [0.4, 0.5) is 0 Å². The second-order valence-electron chi connectivity index (χ2n) is 5.02. The fourth-order valence-electron chi connectivity index (χ4n) is 1.32. The van der Waals surface area contributed by atoms with Gasteiger partial charge in [-0.15, -0.1) is 11.8 Å². The molecule has 0 saturated heterocycles. The van der Waals surface area contributed by atoms with Crippen LogP contribution in [0.5, 0.6) is 0 Å². The van der Waals surface area contributed by atoms with Gasteiger partial charge in [0.15, 0.2) is 0 Å². The van der Waals surface area contributed by atoms with E-state index in [4.69, 9.17) is 5.73 Å². The molecule has 3 nitrogen and oxygen atoms in total. The minimum Gasteiger partial charge on any atom is -0.324 e. The molecule has 1 aromatic rings. The van der Waals surface area contributed by atoms with Crippen molar-refractivity contribution in [3.05, 3.63) is 23.3 Å². The molecule has 90 valence electrons. The number of rotatable bonds is 3. The van der Waals surface area contributed by atoms with Gasteiger partial charge in [0.1, 0.15) is 5.82 Å². The van der Waals surface area contributed by atoms with Gasteiger partial charge < -0.3 is 5.73 Å². The van der Waals surface area contributed by atoms with Crippen molar-refractivity contribution in [2.24, 2.45) is 5.73 Å². The van der Waals surface area contributed by atoms with Crippen LogP contribution in [0.15, 0.2) is 6.20 Å². The summed E-state index contributed by atoms with van der Waals surface area (Å²) < 4.78 is 0.247. The molecule has 0 saturated carbocycles. The lowest BCUT2D eigenvalue weighted by atomic mass is 10.1. The van der Waals surface area contributed by atoms with Crippen molar-refractivity contribution in [1.29, 1.82) is 0 Å². The lowest BCUT2D eigenvalue weighted by molar-refractivity contribution is 0.777. The van der Waals surface area contributed by atoms with Crippen LogP contribution in [-0.2, 0) is 5.75 Å². The largest absolute Gasteiger partial charge is 0.324 e. The zero-order chi connectivity index (χ0) is 12.3. The summed E-state index contributed by atoms with van der Waals surface area (Å²) in [7, 11) is 0. The van der Waals surface area contributed by atoms with Crippen LogP contribution < -0.4 is 5.73 Å². The second kappa shape index (κ2) is 5.15. The van der Waals surface area contributed by atoms with Crippen LogP contribution in [0.3, 0.4) is 0 Å². The highest BCUT2D eigenvalue weighted by Gasteiger charge is 2.13. The molecule has 1 aromatic heterocycles. The third-order valence-corrected chi connectivity index (χ3v) is 3.46. The minimum absolute atomic E-state index is 0.00400. The Morgan fingerprint density at radius 3 is 2.50 bits per heavy atom. The highest BCUT2D eigenvalue weighted by Crippen LogP contribution is 2.26. The monoisotopic (exact) mass is 239 g/mol. The quantitative estimate of drug-likeness (QED) is 0.881. The Kier molecular flexibility index (Phi) is 4.33. The van der Waals surface area contributed by atoms with E-state index < -0.39 is 0 Å². The third kappa shape index (κ3) is 4.10. The van der Waals surface area contributed by atoms with Crippen molar-refractivity contribution in [1.82, 2.24) is 9.97 Å². The second-order valence-corrected chi connectivity index (χ2v) is 6.82. The van der Waals surface area contributed by atoms with Crippen molar-refractivity contribution >= 4 is 11.8 Å². The molecule has 0 bridgehead atoms. The first-order valence-corrected chi connectivity index (χ1v) is 6.50. The van der Waals surface area contributed by atoms with Crippen LogP contribution in [0.25, 0.3) is 0 Å². The van der Waals surface area contributed by atoms with Gasteiger partial charge in [-0.25, -0.2) is 9.97 Å². The smallest absolute Gasteiger partial charge is 0.138 e. The fraction of sp³-hybridized carbons (Fsp3) is 0.667. The van der Waals surface area contributed by atoms with E-state index in [-0.39, 0.29) is 10.8 Å². The molecule has 0 aromatic carbocycles. The van der Waals surface area contributed by atoms with E-state index in [0.717, 1.165) is 22.8 Å². The Morgan fingerprint density at radius 2 is 2.06 bits per heavy atom. The molecular weight excluding hydrogens is 218 g/mol. The Balaban J connectivity index is 2.74. The van der Waals surface area contributed by atoms with Crippen LogP contribution in [0.2, 0.25) is 0 Å². The number of aryl methyl sites for hydroxylation is 1. The summed E-state index contributed by atoms with van der Waals surface area (Å²) in [6, 6.07) is 0.00400. The van der Waals surface area contributed by atoms with Crippen LogP contribution >= 0.6 is 11.8 Å². The van der Waals surface area contributed by atoms with Gasteiger partial charge in [0.2, 0.25) is 0 Å². The molecule has 0 aliphatic heterocycles. The topological polar surface area (TPSA) is 51.8 Å². The Labute approximate surface area is 102 Å². The number of nitrogens with two attached hydrogens (primary N) is 1. The summed E-state index contributed by atoms with van der Waals surface area (Å²) in [5.74, 6) is 1.74. The van der Waals surface area contributed by atoms with Crippen molar-refractivity contribution in [2.75, 3.05) is 0 Å². The van der Waals surface area contributed by atoms with Gasteiger partial charge in [0.25, 0.3) is 0 Å². The molecule has 0 spiro atoms. The highest BCUT2D eigenvalue weighted by molar-refractivity contribution is 7.99. The van der Waals surface area contributed by atoms with Gasteiger partial charge in [-0.1, -0.05) is 20.8 Å². The maximum absolute atomic E-state index is 5.82. The predicted octanol–water partition coefficient (Wildman–Crippen LogP) is 2.84. The number of aromatic nitrogens is 2. The van der Waals surface area contributed by atoms with Crippen molar-refractivity contribution in [2.45, 2.75) is 51.2 Å². The molecule has 0 aliphatic carbocycles. The molecule has 0 radical (unpaired) electrons. The first-order valence-electron chi connectivity index (χ1n) is 5.51. The summed E-state index contributed by atoms with van der Waals surface area (Å²) in [5, 5.41) is 0. The van der Waals surface area contributed by atoms with Crippen molar-refractivity contribution < 1.29 is 0 Å².